The lowest BCUT2D eigenvalue weighted by molar-refractivity contribution is 1.30. The van der Waals surface area contributed by atoms with Crippen LogP contribution in [-0.2, 0) is 0 Å². The van der Waals surface area contributed by atoms with E-state index in [1.54, 1.807) is 0 Å². The summed E-state index contributed by atoms with van der Waals surface area (Å²) < 4.78 is 0. The number of hydrogen-bond donors (Lipinski definition) is 0. The first-order valence-electron chi connectivity index (χ1n) is 11.0. The summed E-state index contributed by atoms with van der Waals surface area (Å²) >= 11 is 0. The van der Waals surface area contributed by atoms with E-state index in [-0.39, 0.29) is 0 Å². The highest BCUT2D eigenvalue weighted by molar-refractivity contribution is 5.97. The van der Waals surface area contributed by atoms with Crippen LogP contribution in [0.4, 0.5) is 0 Å². The van der Waals surface area contributed by atoms with Crippen molar-refractivity contribution in [3.63, 3.8) is 0 Å². The van der Waals surface area contributed by atoms with Crippen LogP contribution >= 0.6 is 0 Å². The molecule has 32 heavy (non-hydrogen) atoms. The summed E-state index contributed by atoms with van der Waals surface area (Å²) in [5, 5.41) is 0. The monoisotopic (exact) mass is 408 g/mol. The average Bonchev–Trinajstić information content (AvgIpc) is 2.87. The molecule has 0 aliphatic heterocycles. The van der Waals surface area contributed by atoms with E-state index < -0.39 is 0 Å². The van der Waals surface area contributed by atoms with Gasteiger partial charge in [0.2, 0.25) is 0 Å². The fourth-order valence-corrected chi connectivity index (χ4v) is 4.00. The SMILES string of the molecule is C(=C1C(=Cc2ccccc2)C(=Cc2ccccc2)C1=Cc1ccccc1)c1ccccc1. The van der Waals surface area contributed by atoms with Crippen molar-refractivity contribution in [2.75, 3.05) is 0 Å². The van der Waals surface area contributed by atoms with Crippen molar-refractivity contribution >= 4 is 24.3 Å². The van der Waals surface area contributed by atoms with Gasteiger partial charge in [-0.25, -0.2) is 0 Å². The second-order valence-electron chi connectivity index (χ2n) is 7.87. The van der Waals surface area contributed by atoms with Crippen molar-refractivity contribution in [2.45, 2.75) is 0 Å². The van der Waals surface area contributed by atoms with Crippen molar-refractivity contribution in [2.24, 2.45) is 0 Å². The predicted octanol–water partition coefficient (Wildman–Crippen LogP) is 8.33. The number of allylic oxidation sites excluding steroid dienone is 4. The summed E-state index contributed by atoms with van der Waals surface area (Å²) in [5.74, 6) is 0. The fraction of sp³-hybridized carbons (Fsp3) is 0. The van der Waals surface area contributed by atoms with Crippen molar-refractivity contribution in [3.8, 4) is 0 Å². The Bertz CT molecular complexity index is 1070. The number of hydrogen-bond acceptors (Lipinski definition) is 0. The lowest BCUT2D eigenvalue weighted by Crippen LogP contribution is -2.13. The third kappa shape index (κ3) is 4.45. The van der Waals surface area contributed by atoms with Crippen LogP contribution in [0.2, 0.25) is 0 Å². The first kappa shape index (κ1) is 19.8. The maximum absolute atomic E-state index is 2.30. The van der Waals surface area contributed by atoms with E-state index in [1.807, 2.05) is 0 Å². The zero-order chi connectivity index (χ0) is 21.6. The van der Waals surface area contributed by atoms with E-state index in [4.69, 9.17) is 0 Å². The van der Waals surface area contributed by atoms with Gasteiger partial charge < -0.3 is 0 Å². The second-order valence-corrected chi connectivity index (χ2v) is 7.87. The van der Waals surface area contributed by atoms with Crippen LogP contribution in [0.3, 0.4) is 0 Å². The molecule has 0 unspecified atom stereocenters. The molecule has 0 radical (unpaired) electrons. The number of rotatable bonds is 4. The summed E-state index contributed by atoms with van der Waals surface area (Å²) in [5.41, 5.74) is 9.91. The smallest absolute Gasteiger partial charge is 0.00926 e. The van der Waals surface area contributed by atoms with Gasteiger partial charge in [-0.15, -0.1) is 0 Å². The molecule has 0 aromatic heterocycles. The lowest BCUT2D eigenvalue weighted by atomic mass is 9.71. The molecule has 1 aliphatic rings. The van der Waals surface area contributed by atoms with Crippen LogP contribution in [0.25, 0.3) is 24.3 Å². The van der Waals surface area contributed by atoms with Gasteiger partial charge >= 0.3 is 0 Å². The largest absolute Gasteiger partial charge is 0.0622 e. The highest BCUT2D eigenvalue weighted by atomic mass is 14.3. The van der Waals surface area contributed by atoms with Crippen molar-refractivity contribution in [1.29, 1.82) is 0 Å². The molecule has 4 aromatic carbocycles. The first-order chi connectivity index (χ1) is 15.9. The zero-order valence-corrected chi connectivity index (χ0v) is 17.9. The lowest BCUT2D eigenvalue weighted by Gasteiger charge is -2.31. The van der Waals surface area contributed by atoms with Crippen LogP contribution in [-0.4, -0.2) is 0 Å². The van der Waals surface area contributed by atoms with Gasteiger partial charge in [0.1, 0.15) is 0 Å². The molecule has 0 spiro atoms. The molecule has 0 heterocycles. The summed E-state index contributed by atoms with van der Waals surface area (Å²) in [4.78, 5) is 0. The highest BCUT2D eigenvalue weighted by Gasteiger charge is 2.29. The maximum atomic E-state index is 2.30. The van der Waals surface area contributed by atoms with E-state index in [0.717, 1.165) is 0 Å². The summed E-state index contributed by atoms with van der Waals surface area (Å²) in [7, 11) is 0. The van der Waals surface area contributed by atoms with Gasteiger partial charge in [-0.3, -0.25) is 0 Å². The minimum atomic E-state index is 1.21. The van der Waals surface area contributed by atoms with Crippen LogP contribution in [0.1, 0.15) is 22.3 Å². The maximum Gasteiger partial charge on any atom is -0.00926 e. The van der Waals surface area contributed by atoms with Crippen LogP contribution < -0.4 is 0 Å². The molecule has 4 aromatic rings. The topological polar surface area (TPSA) is 0 Å². The van der Waals surface area contributed by atoms with E-state index >= 15 is 0 Å². The molecule has 0 saturated heterocycles. The molecule has 1 fully saturated rings. The molecule has 0 nitrogen and oxygen atoms in total. The van der Waals surface area contributed by atoms with Crippen molar-refractivity contribution in [1.82, 2.24) is 0 Å². The molecule has 5 rings (SSSR count). The van der Waals surface area contributed by atoms with Crippen LogP contribution in [0.15, 0.2) is 144 Å². The van der Waals surface area contributed by atoms with Gasteiger partial charge in [-0.2, -0.15) is 0 Å². The average molecular weight is 409 g/mol. The normalized spacial score (nSPS) is 12.8. The number of benzene rings is 4. The Hall–Kier alpha value is -4.16. The summed E-state index contributed by atoms with van der Waals surface area (Å²) in [6.45, 7) is 0. The molecule has 0 heteroatoms. The molecular formula is C32H24. The van der Waals surface area contributed by atoms with Gasteiger partial charge in [0.25, 0.3) is 0 Å². The van der Waals surface area contributed by atoms with E-state index in [1.165, 1.54) is 44.5 Å². The summed E-state index contributed by atoms with van der Waals surface area (Å²) in [6.07, 6.45) is 9.19. The third-order valence-corrected chi connectivity index (χ3v) is 5.60. The van der Waals surface area contributed by atoms with Gasteiger partial charge in [-0.05, 0) is 68.9 Å². The van der Waals surface area contributed by atoms with E-state index in [2.05, 4.69) is 146 Å². The van der Waals surface area contributed by atoms with Gasteiger partial charge in [0.15, 0.2) is 0 Å². The molecule has 0 N–H and O–H groups in total. The minimum Gasteiger partial charge on any atom is -0.0622 e. The molecule has 0 bridgehead atoms. The van der Waals surface area contributed by atoms with Crippen LogP contribution in [0.5, 0.6) is 0 Å². The second kappa shape index (κ2) is 9.32. The molecule has 1 aliphatic carbocycles. The Morgan fingerprint density at radius 1 is 0.250 bits per heavy atom. The Balaban J connectivity index is 1.69. The highest BCUT2D eigenvalue weighted by Crippen LogP contribution is 2.48. The quantitative estimate of drug-likeness (QED) is 0.318. The van der Waals surface area contributed by atoms with Gasteiger partial charge in [0.05, 0.1) is 0 Å². The zero-order valence-electron chi connectivity index (χ0n) is 17.9. The molecule has 1 saturated carbocycles. The summed E-state index contributed by atoms with van der Waals surface area (Å²) in [6, 6.07) is 42.2. The predicted molar refractivity (Wildman–Crippen MR) is 138 cm³/mol. The molecule has 152 valence electrons. The van der Waals surface area contributed by atoms with Gasteiger partial charge in [-0.1, -0.05) is 121 Å². The molecule has 0 amide bonds. The van der Waals surface area contributed by atoms with Crippen molar-refractivity contribution in [3.05, 3.63) is 166 Å². The fourth-order valence-electron chi connectivity index (χ4n) is 4.00. The Labute approximate surface area is 190 Å². The van der Waals surface area contributed by atoms with Crippen molar-refractivity contribution < 1.29 is 0 Å². The third-order valence-electron chi connectivity index (χ3n) is 5.60. The molecular weight excluding hydrogens is 384 g/mol. The Morgan fingerprint density at radius 2 is 0.438 bits per heavy atom. The van der Waals surface area contributed by atoms with Gasteiger partial charge in [0, 0.05) is 0 Å². The minimum absolute atomic E-state index is 1.21. The van der Waals surface area contributed by atoms with E-state index in [0.29, 0.717) is 0 Å². The Kier molecular flexibility index (Phi) is 5.76. The van der Waals surface area contributed by atoms with Crippen LogP contribution in [0, 0.1) is 0 Å². The Morgan fingerprint density at radius 3 is 0.625 bits per heavy atom. The standard InChI is InChI=1S/C32H24/c1-5-13-25(14-6-1)21-29-30(22-26-15-7-2-8-16-26)32(24-28-19-11-4-12-20-28)31(29)23-27-17-9-3-10-18-27/h1-24H. The molecule has 0 atom stereocenters. The van der Waals surface area contributed by atoms with E-state index in [9.17, 15) is 0 Å². The first-order valence-corrected chi connectivity index (χ1v) is 11.0.